The number of carbonyl (C=O) groups excluding carboxylic acids is 4. The molecule has 0 amide bonds. The fourth-order valence-corrected chi connectivity index (χ4v) is 14.3. The van der Waals surface area contributed by atoms with Gasteiger partial charge in [0.15, 0.2) is 12.2 Å². The predicted molar refractivity (Wildman–Crippen MR) is 414 cm³/mol. The third kappa shape index (κ3) is 76.1. The Bertz CT molecular complexity index is 1940. The molecule has 0 spiro atoms. The van der Waals surface area contributed by atoms with E-state index < -0.39 is 97.5 Å². The SMILES string of the molecule is CCCCCCCCCCCCCCC(=O)O[C@H](COC(=O)CCCCCCCCCCCC)COP(=O)(O)OC[C@H](O)COP(=O)(O)OC[C@@H](COC(=O)CCCCCCCCCCCCCCCCCC(C)C)OC(=O)CCCCCCCCCCCCCCCCCCCCC(C)C. The molecule has 101 heavy (non-hydrogen) atoms. The molecule has 0 heterocycles. The van der Waals surface area contributed by atoms with Crippen LogP contribution >= 0.6 is 15.6 Å². The summed E-state index contributed by atoms with van der Waals surface area (Å²) in [6, 6.07) is 0. The van der Waals surface area contributed by atoms with Gasteiger partial charge < -0.3 is 33.8 Å². The Balaban J connectivity index is 5.21. The summed E-state index contributed by atoms with van der Waals surface area (Å²) in [4.78, 5) is 73.0. The summed E-state index contributed by atoms with van der Waals surface area (Å²) in [5, 5.41) is 10.6. The van der Waals surface area contributed by atoms with Crippen LogP contribution in [0.3, 0.4) is 0 Å². The molecule has 17 nitrogen and oxygen atoms in total. The second kappa shape index (κ2) is 73.6. The molecule has 0 aliphatic heterocycles. The normalized spacial score (nSPS) is 13.9. The van der Waals surface area contributed by atoms with Crippen molar-refractivity contribution >= 4 is 39.5 Å². The van der Waals surface area contributed by atoms with Crippen LogP contribution in [0.15, 0.2) is 0 Å². The van der Waals surface area contributed by atoms with Gasteiger partial charge in [0.05, 0.1) is 26.4 Å². The van der Waals surface area contributed by atoms with E-state index in [1.807, 2.05) is 0 Å². The van der Waals surface area contributed by atoms with Crippen molar-refractivity contribution in [1.82, 2.24) is 0 Å². The first-order valence-corrected chi connectivity index (χ1v) is 45.5. The van der Waals surface area contributed by atoms with Crippen LogP contribution in [0.2, 0.25) is 0 Å². The van der Waals surface area contributed by atoms with E-state index in [4.69, 9.17) is 37.0 Å². The van der Waals surface area contributed by atoms with Crippen molar-refractivity contribution in [3.8, 4) is 0 Å². The van der Waals surface area contributed by atoms with E-state index in [2.05, 4.69) is 41.5 Å². The van der Waals surface area contributed by atoms with Gasteiger partial charge in [-0.05, 0) is 37.5 Å². The number of hydrogen-bond acceptors (Lipinski definition) is 15. The molecule has 2 unspecified atom stereocenters. The molecule has 600 valence electrons. The van der Waals surface area contributed by atoms with Crippen LogP contribution in [0, 0.1) is 11.8 Å². The summed E-state index contributed by atoms with van der Waals surface area (Å²) in [6.07, 6.45) is 63.8. The number of ether oxygens (including phenoxy) is 4. The van der Waals surface area contributed by atoms with Gasteiger partial charge in [0, 0.05) is 25.7 Å². The number of unbranched alkanes of at least 4 members (excludes halogenated alkanes) is 51. The molecular formula is C82H160O17P2. The second-order valence-electron chi connectivity index (χ2n) is 30.5. The first-order chi connectivity index (χ1) is 48.9. The van der Waals surface area contributed by atoms with E-state index in [-0.39, 0.29) is 25.7 Å². The van der Waals surface area contributed by atoms with Crippen molar-refractivity contribution in [3.63, 3.8) is 0 Å². The zero-order valence-electron chi connectivity index (χ0n) is 66.2. The number of aliphatic hydroxyl groups excluding tert-OH is 1. The maximum Gasteiger partial charge on any atom is 0.472 e. The largest absolute Gasteiger partial charge is 0.472 e. The third-order valence-corrected chi connectivity index (χ3v) is 21.1. The van der Waals surface area contributed by atoms with Crippen molar-refractivity contribution in [2.75, 3.05) is 39.6 Å². The second-order valence-corrected chi connectivity index (χ2v) is 33.4. The molecule has 0 bridgehead atoms. The summed E-state index contributed by atoms with van der Waals surface area (Å²) in [5.41, 5.74) is 0. The van der Waals surface area contributed by atoms with Gasteiger partial charge in [0.25, 0.3) is 0 Å². The minimum atomic E-state index is -4.96. The third-order valence-electron chi connectivity index (χ3n) is 19.2. The van der Waals surface area contributed by atoms with Gasteiger partial charge in [-0.15, -0.1) is 0 Å². The smallest absolute Gasteiger partial charge is 0.462 e. The molecule has 3 N–H and O–H groups in total. The molecule has 0 aromatic carbocycles. The van der Waals surface area contributed by atoms with Gasteiger partial charge in [-0.1, -0.05) is 382 Å². The lowest BCUT2D eigenvalue weighted by Gasteiger charge is -2.21. The monoisotopic (exact) mass is 1480 g/mol. The van der Waals surface area contributed by atoms with E-state index in [0.29, 0.717) is 25.7 Å². The highest BCUT2D eigenvalue weighted by molar-refractivity contribution is 7.47. The lowest BCUT2D eigenvalue weighted by Crippen LogP contribution is -2.30. The van der Waals surface area contributed by atoms with Crippen LogP contribution in [0.25, 0.3) is 0 Å². The molecule has 0 aliphatic rings. The highest BCUT2D eigenvalue weighted by Crippen LogP contribution is 2.45. The molecule has 0 rings (SSSR count). The zero-order chi connectivity index (χ0) is 74.2. The maximum absolute atomic E-state index is 13.1. The average Bonchev–Trinajstić information content (AvgIpc) is 3.55. The minimum Gasteiger partial charge on any atom is -0.462 e. The fraction of sp³-hybridized carbons (Fsp3) is 0.951. The molecular weight excluding hydrogens is 1320 g/mol. The molecule has 0 aromatic heterocycles. The number of phosphoric acid groups is 2. The number of rotatable bonds is 81. The van der Waals surface area contributed by atoms with Crippen LogP contribution in [0.1, 0.15) is 433 Å². The first kappa shape index (κ1) is 99.1. The van der Waals surface area contributed by atoms with E-state index in [9.17, 15) is 43.2 Å². The van der Waals surface area contributed by atoms with Crippen LogP contribution in [0.4, 0.5) is 0 Å². The summed E-state index contributed by atoms with van der Waals surface area (Å²) < 4.78 is 68.7. The Kier molecular flexibility index (Phi) is 72.2. The fourth-order valence-electron chi connectivity index (χ4n) is 12.7. The van der Waals surface area contributed by atoms with Gasteiger partial charge in [-0.25, -0.2) is 9.13 Å². The molecule has 0 fully saturated rings. The lowest BCUT2D eigenvalue weighted by atomic mass is 10.0. The van der Waals surface area contributed by atoms with Crippen LogP contribution in [0.5, 0.6) is 0 Å². The van der Waals surface area contributed by atoms with Gasteiger partial charge in [-0.2, -0.15) is 0 Å². The summed E-state index contributed by atoms with van der Waals surface area (Å²) >= 11 is 0. The van der Waals surface area contributed by atoms with Crippen molar-refractivity contribution in [1.29, 1.82) is 0 Å². The minimum absolute atomic E-state index is 0.108. The number of phosphoric ester groups is 2. The van der Waals surface area contributed by atoms with Gasteiger partial charge in [-0.3, -0.25) is 37.3 Å². The summed E-state index contributed by atoms with van der Waals surface area (Å²) in [7, 11) is -9.92. The molecule has 0 aromatic rings. The quantitative estimate of drug-likeness (QED) is 0.0222. The molecule has 0 saturated heterocycles. The van der Waals surface area contributed by atoms with E-state index in [0.717, 1.165) is 102 Å². The molecule has 0 radical (unpaired) electrons. The lowest BCUT2D eigenvalue weighted by molar-refractivity contribution is -0.161. The Morgan fingerprint density at radius 1 is 0.267 bits per heavy atom. The molecule has 19 heteroatoms. The van der Waals surface area contributed by atoms with Gasteiger partial charge in [0.2, 0.25) is 0 Å². The number of esters is 4. The Labute approximate surface area is 619 Å². The molecule has 5 atom stereocenters. The highest BCUT2D eigenvalue weighted by atomic mass is 31.2. The first-order valence-electron chi connectivity index (χ1n) is 42.5. The van der Waals surface area contributed by atoms with Crippen molar-refractivity contribution < 1.29 is 80.2 Å². The number of hydrogen-bond donors (Lipinski definition) is 3. The number of aliphatic hydroxyl groups is 1. The van der Waals surface area contributed by atoms with Crippen LogP contribution in [-0.4, -0.2) is 96.7 Å². The highest BCUT2D eigenvalue weighted by Gasteiger charge is 2.30. The van der Waals surface area contributed by atoms with Gasteiger partial charge in [0.1, 0.15) is 19.3 Å². The maximum atomic E-state index is 13.1. The summed E-state index contributed by atoms with van der Waals surface area (Å²) in [5.74, 6) is -0.480. The van der Waals surface area contributed by atoms with E-state index >= 15 is 0 Å². The Morgan fingerprint density at radius 3 is 0.673 bits per heavy atom. The molecule has 0 saturated carbocycles. The Hall–Kier alpha value is -1.94. The molecule has 0 aliphatic carbocycles. The standard InChI is InChI=1S/C82H160O17P2/c1-7-9-11-13-15-17-19-35-42-48-54-60-66-81(86)98-77(70-92-79(84)64-58-52-46-40-18-16-14-12-10-8-2)72-96-100(88,89)94-68-76(83)69-95-101(90,91)97-73-78(71-93-80(85)65-59-53-47-41-36-31-28-24-26-30-34-39-45-51-57-63-75(5)6)99-82(87)67-61-55-49-43-37-32-27-23-21-20-22-25-29-33-38-44-50-56-62-74(3)4/h74-78,83H,7-73H2,1-6H3,(H,88,89)(H,90,91)/t76-,77+,78+/m0/s1. The predicted octanol–water partition coefficient (Wildman–Crippen LogP) is 24.7. The van der Waals surface area contributed by atoms with Crippen LogP contribution in [-0.2, 0) is 65.4 Å². The summed E-state index contributed by atoms with van der Waals surface area (Å²) in [6.45, 7) is 9.70. The van der Waals surface area contributed by atoms with E-state index in [1.54, 1.807) is 0 Å². The van der Waals surface area contributed by atoms with Gasteiger partial charge >= 0.3 is 39.5 Å². The topological polar surface area (TPSA) is 237 Å². The van der Waals surface area contributed by atoms with Crippen molar-refractivity contribution in [2.45, 2.75) is 452 Å². The zero-order valence-corrected chi connectivity index (χ0v) is 68.0. The van der Waals surface area contributed by atoms with Crippen molar-refractivity contribution in [3.05, 3.63) is 0 Å². The average molecular weight is 1480 g/mol. The van der Waals surface area contributed by atoms with Crippen molar-refractivity contribution in [2.24, 2.45) is 11.8 Å². The number of carbonyl (C=O) groups is 4. The van der Waals surface area contributed by atoms with E-state index in [1.165, 1.54) is 250 Å². The van der Waals surface area contributed by atoms with Crippen LogP contribution < -0.4 is 0 Å². The Morgan fingerprint density at radius 2 is 0.455 bits per heavy atom.